The summed E-state index contributed by atoms with van der Waals surface area (Å²) in [4.78, 5) is 59.0. The number of aromatic nitrogens is 1. The fourth-order valence-corrected chi connectivity index (χ4v) is 6.23. The monoisotopic (exact) mass is 561 g/mol. The number of fused-ring (bicyclic) bond motifs is 2. The molecule has 0 saturated carbocycles. The first-order valence-electron chi connectivity index (χ1n) is 12.6. The summed E-state index contributed by atoms with van der Waals surface area (Å²) < 4.78 is 17.4. The van der Waals surface area contributed by atoms with E-state index in [4.69, 9.17) is 14.2 Å². The van der Waals surface area contributed by atoms with Crippen LogP contribution in [-0.2, 0) is 19.1 Å². The molecule has 1 aromatic heterocycles. The van der Waals surface area contributed by atoms with Gasteiger partial charge in [0.25, 0.3) is 11.5 Å². The largest absolute Gasteiger partial charge is 0.493 e. The number of rotatable bonds is 6. The molecule has 2 aromatic carbocycles. The molecule has 0 N–H and O–H groups in total. The van der Waals surface area contributed by atoms with Gasteiger partial charge in [-0.3, -0.25) is 19.0 Å². The van der Waals surface area contributed by atoms with Crippen LogP contribution in [0.25, 0.3) is 5.57 Å². The van der Waals surface area contributed by atoms with E-state index in [9.17, 15) is 19.2 Å². The number of methoxy groups -OCH3 is 2. The average Bonchev–Trinajstić information content (AvgIpc) is 3.40. The predicted molar refractivity (Wildman–Crippen MR) is 148 cm³/mol. The van der Waals surface area contributed by atoms with E-state index < -0.39 is 23.5 Å². The van der Waals surface area contributed by atoms with Gasteiger partial charge >= 0.3 is 11.9 Å². The maximum Gasteiger partial charge on any atom is 0.338 e. The zero-order chi connectivity index (χ0) is 28.7. The first kappa shape index (κ1) is 27.1. The van der Waals surface area contributed by atoms with Gasteiger partial charge in [0.2, 0.25) is 0 Å². The number of allylic oxidation sites excluding steroid dienone is 1. The van der Waals surface area contributed by atoms with Crippen LogP contribution in [0.2, 0.25) is 0 Å². The number of amides is 1. The van der Waals surface area contributed by atoms with E-state index in [1.165, 1.54) is 31.8 Å². The molecule has 10 nitrogen and oxygen atoms in total. The molecule has 0 unspecified atom stereocenters. The van der Waals surface area contributed by atoms with Crippen molar-refractivity contribution in [3.63, 3.8) is 0 Å². The standard InChI is InChI=1S/C29H27N3O7S/c1-6-13-31-19-10-8-7-9-18(19)23(26(31)34)25-27(35)32-24(22(28(36)38-5)15(2)30-29(32)40-25)17-11-12-20(39-16(3)33)21(14-17)37-4/h7-12,14,24H,6,13H2,1-5H3/b25-23-/t24-/m1/s1. The highest BCUT2D eigenvalue weighted by Crippen LogP contribution is 2.37. The Morgan fingerprint density at radius 3 is 2.50 bits per heavy atom. The summed E-state index contributed by atoms with van der Waals surface area (Å²) in [6.45, 7) is 5.45. The number of esters is 2. The highest BCUT2D eigenvalue weighted by molar-refractivity contribution is 7.07. The molecule has 3 aromatic rings. The number of carbonyl (C=O) groups is 3. The quantitative estimate of drug-likeness (QED) is 0.335. The summed E-state index contributed by atoms with van der Waals surface area (Å²) in [5.74, 6) is -0.987. The molecule has 0 saturated heterocycles. The summed E-state index contributed by atoms with van der Waals surface area (Å²) in [5.41, 5.74) is 2.34. The highest BCUT2D eigenvalue weighted by Gasteiger charge is 2.37. The lowest BCUT2D eigenvalue weighted by Gasteiger charge is -2.25. The van der Waals surface area contributed by atoms with Gasteiger partial charge in [0.15, 0.2) is 16.3 Å². The number of hydrogen-bond acceptors (Lipinski definition) is 9. The maximum absolute atomic E-state index is 14.2. The fourth-order valence-electron chi connectivity index (χ4n) is 5.10. The van der Waals surface area contributed by atoms with Crippen molar-refractivity contribution < 1.29 is 28.6 Å². The fraction of sp³-hybridized carbons (Fsp3) is 0.276. The van der Waals surface area contributed by atoms with E-state index >= 15 is 0 Å². The van der Waals surface area contributed by atoms with Crippen molar-refractivity contribution in [2.45, 2.75) is 33.2 Å². The molecule has 3 heterocycles. The lowest BCUT2D eigenvalue weighted by atomic mass is 9.95. The SMILES string of the molecule is CCCN1C(=O)/C(=c2\sc3n(c2=O)[C@H](c2ccc(OC(C)=O)c(OC)c2)C(C(=O)OC)=C(C)N=3)c2ccccc21. The van der Waals surface area contributed by atoms with Crippen LogP contribution in [0.15, 0.2) is 63.5 Å². The van der Waals surface area contributed by atoms with Crippen molar-refractivity contribution in [3.8, 4) is 11.5 Å². The number of para-hydroxylation sites is 1. The summed E-state index contributed by atoms with van der Waals surface area (Å²) in [6, 6.07) is 11.2. The number of nitrogens with zero attached hydrogens (tertiary/aromatic N) is 3. The van der Waals surface area contributed by atoms with Crippen LogP contribution in [0, 0.1) is 0 Å². The molecule has 1 atom stereocenters. The predicted octanol–water partition coefficient (Wildman–Crippen LogP) is 2.47. The molecule has 0 spiro atoms. The van der Waals surface area contributed by atoms with Gasteiger partial charge in [-0.15, -0.1) is 0 Å². The summed E-state index contributed by atoms with van der Waals surface area (Å²) in [6.07, 6.45) is 0.751. The topological polar surface area (TPSA) is 117 Å². The Labute approximate surface area is 233 Å². The highest BCUT2D eigenvalue weighted by atomic mass is 32.1. The third-order valence-corrected chi connectivity index (χ3v) is 7.81. The zero-order valence-electron chi connectivity index (χ0n) is 22.6. The molecular weight excluding hydrogens is 534 g/mol. The molecule has 2 aliphatic rings. The van der Waals surface area contributed by atoms with Crippen LogP contribution in [-0.4, -0.2) is 43.2 Å². The minimum Gasteiger partial charge on any atom is -0.493 e. The van der Waals surface area contributed by atoms with Crippen LogP contribution in [0.5, 0.6) is 11.5 Å². The second-order valence-corrected chi connectivity index (χ2v) is 10.2. The van der Waals surface area contributed by atoms with Crippen LogP contribution >= 0.6 is 11.3 Å². The molecule has 0 bridgehead atoms. The molecule has 5 rings (SSSR count). The minimum atomic E-state index is -0.933. The van der Waals surface area contributed by atoms with E-state index in [2.05, 4.69) is 4.99 Å². The molecule has 0 fully saturated rings. The lowest BCUT2D eigenvalue weighted by Crippen LogP contribution is -2.41. The number of anilines is 1. The van der Waals surface area contributed by atoms with Crippen molar-refractivity contribution in [1.82, 2.24) is 4.57 Å². The molecule has 11 heteroatoms. The van der Waals surface area contributed by atoms with E-state index in [1.54, 1.807) is 24.0 Å². The van der Waals surface area contributed by atoms with Crippen LogP contribution in [0.3, 0.4) is 0 Å². The van der Waals surface area contributed by atoms with E-state index in [-0.39, 0.29) is 27.5 Å². The minimum absolute atomic E-state index is 0.166. The first-order chi connectivity index (χ1) is 19.2. The molecule has 0 aliphatic carbocycles. The Hall–Kier alpha value is -4.51. The Balaban J connectivity index is 1.80. The third-order valence-electron chi connectivity index (χ3n) is 6.76. The Morgan fingerprint density at radius 2 is 1.82 bits per heavy atom. The van der Waals surface area contributed by atoms with Crippen LogP contribution in [0.1, 0.15) is 44.4 Å². The lowest BCUT2D eigenvalue weighted by molar-refractivity contribution is -0.136. The van der Waals surface area contributed by atoms with Crippen LogP contribution in [0.4, 0.5) is 5.69 Å². The van der Waals surface area contributed by atoms with Gasteiger partial charge < -0.3 is 19.1 Å². The Morgan fingerprint density at radius 1 is 1.07 bits per heavy atom. The van der Waals surface area contributed by atoms with Crippen molar-refractivity contribution in [1.29, 1.82) is 0 Å². The van der Waals surface area contributed by atoms with Gasteiger partial charge in [-0.1, -0.05) is 42.5 Å². The van der Waals surface area contributed by atoms with Crippen molar-refractivity contribution in [3.05, 3.63) is 84.5 Å². The van der Waals surface area contributed by atoms with Crippen molar-refractivity contribution in [2.24, 2.45) is 4.99 Å². The van der Waals surface area contributed by atoms with Gasteiger partial charge in [0.1, 0.15) is 4.53 Å². The van der Waals surface area contributed by atoms with Gasteiger partial charge in [-0.05, 0) is 37.1 Å². The summed E-state index contributed by atoms with van der Waals surface area (Å²) in [7, 11) is 2.68. The van der Waals surface area contributed by atoms with Gasteiger partial charge in [-0.2, -0.15) is 0 Å². The Kier molecular flexibility index (Phi) is 7.16. The molecule has 0 radical (unpaired) electrons. The van der Waals surface area contributed by atoms with Crippen LogP contribution < -0.4 is 29.3 Å². The normalized spacial score (nSPS) is 17.3. The van der Waals surface area contributed by atoms with Gasteiger partial charge in [-0.25, -0.2) is 9.79 Å². The molecule has 2 aliphatic heterocycles. The van der Waals surface area contributed by atoms with E-state index in [1.807, 2.05) is 31.2 Å². The Bertz CT molecular complexity index is 1780. The van der Waals surface area contributed by atoms with E-state index in [0.29, 0.717) is 33.7 Å². The molecule has 206 valence electrons. The second-order valence-electron chi connectivity index (χ2n) is 9.25. The summed E-state index contributed by atoms with van der Waals surface area (Å²) in [5, 5.41) is 0. The number of ether oxygens (including phenoxy) is 3. The molecule has 1 amide bonds. The number of carbonyl (C=O) groups excluding carboxylic acids is 3. The van der Waals surface area contributed by atoms with Crippen molar-refractivity contribution in [2.75, 3.05) is 25.7 Å². The summed E-state index contributed by atoms with van der Waals surface area (Å²) >= 11 is 1.10. The third kappa shape index (κ3) is 4.32. The number of hydrogen-bond donors (Lipinski definition) is 0. The van der Waals surface area contributed by atoms with Crippen molar-refractivity contribution >= 4 is 40.4 Å². The maximum atomic E-state index is 14.2. The van der Waals surface area contributed by atoms with E-state index in [0.717, 1.165) is 23.4 Å². The number of thiazole rings is 1. The smallest absolute Gasteiger partial charge is 0.338 e. The zero-order valence-corrected chi connectivity index (χ0v) is 23.5. The molecular formula is C29H27N3O7S. The second kappa shape index (κ2) is 10.6. The first-order valence-corrected chi connectivity index (χ1v) is 13.4. The number of benzene rings is 2. The average molecular weight is 562 g/mol. The van der Waals surface area contributed by atoms with Gasteiger partial charge in [0, 0.05) is 19.0 Å². The molecule has 40 heavy (non-hydrogen) atoms. The van der Waals surface area contributed by atoms with Gasteiger partial charge in [0.05, 0.1) is 42.8 Å².